The molecule has 1 heterocycles. The van der Waals surface area contributed by atoms with Gasteiger partial charge >= 0.3 is 0 Å². The number of aromatic hydroxyl groups is 1. The third kappa shape index (κ3) is 5.85. The minimum Gasteiger partial charge on any atom is -0.507 e. The molecule has 0 radical (unpaired) electrons. The number of hydrogen-bond acceptors (Lipinski definition) is 6. The van der Waals surface area contributed by atoms with E-state index < -0.39 is 17.8 Å². The monoisotopic (exact) mass is 552 g/mol. The number of rotatable bonds is 7. The van der Waals surface area contributed by atoms with Gasteiger partial charge in [-0.2, -0.15) is 10.2 Å². The van der Waals surface area contributed by atoms with Gasteiger partial charge in [0, 0.05) is 6.42 Å². The molecule has 0 aliphatic heterocycles. The van der Waals surface area contributed by atoms with Crippen LogP contribution in [0.4, 0.5) is 4.39 Å². The van der Waals surface area contributed by atoms with E-state index in [1.165, 1.54) is 12.1 Å². The molecule has 2 N–H and O–H groups in total. The fraction of sp³-hybridized carbons (Fsp3) is 0.0968. The first kappa shape index (κ1) is 26.6. The SMILES string of the molecule is Cc1noc([C@@H](Cc2ccc(-c3ccc(F)c(Cl)c3)cc2)NC(=O)c2cc(-c3ccc(C#N)cc3)ccc2O)n1. The number of nitriles is 1. The molecule has 1 amide bonds. The maximum atomic E-state index is 13.6. The van der Waals surface area contributed by atoms with Crippen LogP contribution in [0, 0.1) is 24.1 Å². The standard InChI is InChI=1S/C31H22ClFN4O3/c1-18-35-31(40-37-18)28(14-19-2-6-22(7-3-19)24-10-12-27(33)26(32)16-24)36-30(39)25-15-23(11-13-29(25)38)21-8-4-20(17-34)5-9-21/h2-13,15-16,28,38H,14H2,1H3,(H,36,39)/t28-/m1/s1. The van der Waals surface area contributed by atoms with Crippen LogP contribution in [0.2, 0.25) is 5.02 Å². The fourth-order valence-electron chi connectivity index (χ4n) is 4.27. The van der Waals surface area contributed by atoms with Crippen LogP contribution in [-0.2, 0) is 6.42 Å². The molecule has 1 atom stereocenters. The lowest BCUT2D eigenvalue weighted by Gasteiger charge is -2.17. The molecule has 0 unspecified atom stereocenters. The summed E-state index contributed by atoms with van der Waals surface area (Å²) in [6.07, 6.45) is 0.327. The molecule has 40 heavy (non-hydrogen) atoms. The summed E-state index contributed by atoms with van der Waals surface area (Å²) in [6.45, 7) is 1.68. The molecule has 0 aliphatic rings. The van der Waals surface area contributed by atoms with Crippen LogP contribution < -0.4 is 5.32 Å². The van der Waals surface area contributed by atoms with Crippen molar-refractivity contribution in [1.29, 1.82) is 5.26 Å². The van der Waals surface area contributed by atoms with Gasteiger partial charge in [0.05, 0.1) is 22.2 Å². The van der Waals surface area contributed by atoms with Crippen LogP contribution in [0.25, 0.3) is 22.3 Å². The number of benzene rings is 4. The highest BCUT2D eigenvalue weighted by Crippen LogP contribution is 2.29. The average molecular weight is 553 g/mol. The Kier molecular flexibility index (Phi) is 7.58. The number of nitrogens with one attached hydrogen (secondary N) is 1. The predicted octanol–water partition coefficient (Wildman–Crippen LogP) is 6.80. The van der Waals surface area contributed by atoms with E-state index in [9.17, 15) is 14.3 Å². The quantitative estimate of drug-likeness (QED) is 0.230. The molecule has 0 spiro atoms. The third-order valence-corrected chi connectivity index (χ3v) is 6.67. The van der Waals surface area contributed by atoms with Gasteiger partial charge < -0.3 is 14.9 Å². The summed E-state index contributed by atoms with van der Waals surface area (Å²) in [5.74, 6) is -0.542. The third-order valence-electron chi connectivity index (χ3n) is 6.38. The molecule has 5 rings (SSSR count). The second kappa shape index (κ2) is 11.4. The lowest BCUT2D eigenvalue weighted by molar-refractivity contribution is 0.0925. The molecule has 198 valence electrons. The van der Waals surface area contributed by atoms with Gasteiger partial charge in [-0.15, -0.1) is 0 Å². The number of carbonyl (C=O) groups excluding carboxylic acids is 1. The first-order valence-corrected chi connectivity index (χ1v) is 12.7. The van der Waals surface area contributed by atoms with E-state index in [1.807, 2.05) is 24.3 Å². The minimum atomic E-state index is -0.683. The van der Waals surface area contributed by atoms with Crippen molar-refractivity contribution in [3.05, 3.63) is 124 Å². The van der Waals surface area contributed by atoms with Gasteiger partial charge in [0.15, 0.2) is 5.82 Å². The second-order valence-electron chi connectivity index (χ2n) is 9.16. The van der Waals surface area contributed by atoms with Gasteiger partial charge in [0.1, 0.15) is 17.6 Å². The maximum absolute atomic E-state index is 13.6. The molecule has 0 aliphatic carbocycles. The van der Waals surface area contributed by atoms with Crippen molar-refractivity contribution in [2.75, 3.05) is 0 Å². The summed E-state index contributed by atoms with van der Waals surface area (Å²) in [7, 11) is 0. The zero-order valence-electron chi connectivity index (χ0n) is 21.2. The number of phenolic OH excluding ortho intramolecular Hbond substituents is 1. The van der Waals surface area contributed by atoms with Crippen molar-refractivity contribution < 1.29 is 18.8 Å². The van der Waals surface area contributed by atoms with Crippen molar-refractivity contribution in [2.24, 2.45) is 0 Å². The van der Waals surface area contributed by atoms with Crippen LogP contribution in [-0.4, -0.2) is 21.2 Å². The van der Waals surface area contributed by atoms with E-state index in [4.69, 9.17) is 21.4 Å². The number of phenols is 1. The number of nitrogens with zero attached hydrogens (tertiary/aromatic N) is 3. The summed E-state index contributed by atoms with van der Waals surface area (Å²) in [6, 6.07) is 25.1. The van der Waals surface area contributed by atoms with Crippen LogP contribution in [0.5, 0.6) is 5.75 Å². The molecule has 5 aromatic rings. The van der Waals surface area contributed by atoms with Crippen molar-refractivity contribution in [1.82, 2.24) is 15.5 Å². The Morgan fingerprint density at radius 3 is 2.25 bits per heavy atom. The smallest absolute Gasteiger partial charge is 0.255 e. The van der Waals surface area contributed by atoms with Crippen molar-refractivity contribution in [3.8, 4) is 34.1 Å². The molecule has 4 aromatic carbocycles. The Morgan fingerprint density at radius 2 is 1.62 bits per heavy atom. The Bertz CT molecular complexity index is 1730. The molecule has 0 bridgehead atoms. The molecular formula is C31H22ClFN4O3. The van der Waals surface area contributed by atoms with Gasteiger partial charge in [-0.3, -0.25) is 4.79 Å². The lowest BCUT2D eigenvalue weighted by atomic mass is 9.99. The molecule has 9 heteroatoms. The highest BCUT2D eigenvalue weighted by atomic mass is 35.5. The Labute approximate surface area is 234 Å². The Balaban J connectivity index is 1.39. The molecule has 1 aromatic heterocycles. The molecule has 0 saturated carbocycles. The number of halogens is 2. The number of amides is 1. The number of hydrogen-bond donors (Lipinski definition) is 2. The van der Waals surface area contributed by atoms with E-state index in [1.54, 1.807) is 55.5 Å². The predicted molar refractivity (Wildman–Crippen MR) is 148 cm³/mol. The summed E-state index contributed by atoms with van der Waals surface area (Å²) in [4.78, 5) is 17.7. The maximum Gasteiger partial charge on any atom is 0.255 e. The van der Waals surface area contributed by atoms with Crippen molar-refractivity contribution in [2.45, 2.75) is 19.4 Å². The van der Waals surface area contributed by atoms with E-state index in [0.717, 1.165) is 22.3 Å². The number of aromatic nitrogens is 2. The zero-order valence-corrected chi connectivity index (χ0v) is 22.0. The first-order chi connectivity index (χ1) is 19.3. The van der Waals surface area contributed by atoms with Gasteiger partial charge in [-0.05, 0) is 71.1 Å². The summed E-state index contributed by atoms with van der Waals surface area (Å²) in [5, 5.41) is 26.4. The normalized spacial score (nSPS) is 11.6. The molecule has 0 fully saturated rings. The summed E-state index contributed by atoms with van der Waals surface area (Å²) >= 11 is 5.93. The Morgan fingerprint density at radius 1 is 1.00 bits per heavy atom. The topological polar surface area (TPSA) is 112 Å². The van der Waals surface area contributed by atoms with E-state index in [0.29, 0.717) is 23.4 Å². The second-order valence-corrected chi connectivity index (χ2v) is 9.56. The number of aryl methyl sites for hydroxylation is 1. The van der Waals surface area contributed by atoms with Crippen LogP contribution in [0.3, 0.4) is 0 Å². The van der Waals surface area contributed by atoms with Gasteiger partial charge in [-0.25, -0.2) is 4.39 Å². The van der Waals surface area contributed by atoms with Crippen molar-refractivity contribution in [3.63, 3.8) is 0 Å². The molecular weight excluding hydrogens is 531 g/mol. The van der Waals surface area contributed by atoms with E-state index >= 15 is 0 Å². The first-order valence-electron chi connectivity index (χ1n) is 12.3. The minimum absolute atomic E-state index is 0.0441. The van der Waals surface area contributed by atoms with E-state index in [-0.39, 0.29) is 22.2 Å². The van der Waals surface area contributed by atoms with Crippen LogP contribution in [0.15, 0.2) is 89.5 Å². The lowest BCUT2D eigenvalue weighted by Crippen LogP contribution is -2.30. The average Bonchev–Trinajstić information content (AvgIpc) is 3.41. The van der Waals surface area contributed by atoms with Gasteiger partial charge in [0.25, 0.3) is 5.91 Å². The zero-order chi connectivity index (χ0) is 28.2. The van der Waals surface area contributed by atoms with Crippen LogP contribution in [0.1, 0.15) is 39.2 Å². The highest BCUT2D eigenvalue weighted by molar-refractivity contribution is 6.31. The summed E-state index contributed by atoms with van der Waals surface area (Å²) in [5.41, 5.74) is 4.58. The Hall–Kier alpha value is -5.00. The number of carbonyl (C=O) groups is 1. The van der Waals surface area contributed by atoms with Crippen molar-refractivity contribution >= 4 is 17.5 Å². The molecule has 0 saturated heterocycles. The molecule has 7 nitrogen and oxygen atoms in total. The van der Waals surface area contributed by atoms with Crippen LogP contribution >= 0.6 is 11.6 Å². The highest BCUT2D eigenvalue weighted by Gasteiger charge is 2.24. The van der Waals surface area contributed by atoms with Gasteiger partial charge in [0.2, 0.25) is 5.89 Å². The largest absolute Gasteiger partial charge is 0.507 e. The van der Waals surface area contributed by atoms with Gasteiger partial charge in [-0.1, -0.05) is 65.3 Å². The van der Waals surface area contributed by atoms with E-state index in [2.05, 4.69) is 21.5 Å². The summed E-state index contributed by atoms with van der Waals surface area (Å²) < 4.78 is 18.9. The fourth-order valence-corrected chi connectivity index (χ4v) is 4.45.